The number of halogens is 2. The van der Waals surface area contributed by atoms with Crippen molar-refractivity contribution < 1.29 is 14.3 Å². The lowest BCUT2D eigenvalue weighted by Crippen LogP contribution is -2.24. The van der Waals surface area contributed by atoms with Crippen molar-refractivity contribution in [3.63, 3.8) is 0 Å². The molecule has 7 heteroatoms. The molecule has 2 aromatic carbocycles. The van der Waals surface area contributed by atoms with Crippen molar-refractivity contribution in [1.29, 1.82) is 5.26 Å². The minimum absolute atomic E-state index is 0.0280. The molecule has 0 aliphatic carbocycles. The smallest absolute Gasteiger partial charge is 0.311 e. The average molecular weight is 469 g/mol. The highest BCUT2D eigenvalue weighted by Crippen LogP contribution is 2.30. The molecule has 0 bridgehead atoms. The zero-order chi connectivity index (χ0) is 23.1. The van der Waals surface area contributed by atoms with Gasteiger partial charge in [-0.3, -0.25) is 4.79 Å². The van der Waals surface area contributed by atoms with Gasteiger partial charge in [-0.15, -0.1) is 0 Å². The van der Waals surface area contributed by atoms with Crippen LogP contribution in [0.3, 0.4) is 0 Å². The maximum absolute atomic E-state index is 12.7. The number of ether oxygens (including phenoxy) is 2. The molecular formula is C25H22Cl2N2O3. The lowest BCUT2D eigenvalue weighted by atomic mass is 9.92. The van der Waals surface area contributed by atoms with Gasteiger partial charge in [-0.25, -0.2) is 4.98 Å². The van der Waals surface area contributed by atoms with Crippen LogP contribution in [0.25, 0.3) is 10.8 Å². The van der Waals surface area contributed by atoms with Crippen molar-refractivity contribution in [2.24, 2.45) is 11.8 Å². The first-order valence-electron chi connectivity index (χ1n) is 10.1. The van der Waals surface area contributed by atoms with Crippen molar-refractivity contribution in [2.75, 3.05) is 0 Å². The number of benzene rings is 2. The van der Waals surface area contributed by atoms with Crippen LogP contribution in [-0.2, 0) is 9.53 Å². The van der Waals surface area contributed by atoms with Crippen LogP contribution >= 0.6 is 23.2 Å². The summed E-state index contributed by atoms with van der Waals surface area (Å²) in [6.45, 7) is 3.78. The summed E-state index contributed by atoms with van der Waals surface area (Å²) >= 11 is 11.4. The summed E-state index contributed by atoms with van der Waals surface area (Å²) in [4.78, 5) is 17.1. The second-order valence-electron chi connectivity index (χ2n) is 7.51. The molecule has 0 aliphatic heterocycles. The molecule has 0 saturated heterocycles. The lowest BCUT2D eigenvalue weighted by Gasteiger charge is -2.20. The largest absolute Gasteiger partial charge is 0.440 e. The molecular weight excluding hydrogens is 447 g/mol. The number of nitriles is 1. The van der Waals surface area contributed by atoms with E-state index in [9.17, 15) is 10.1 Å². The number of carbonyl (C=O) groups excluding carboxylic acids is 1. The number of nitrogens with zero attached hydrogens (tertiary/aromatic N) is 2. The summed E-state index contributed by atoms with van der Waals surface area (Å²) in [6.07, 6.45) is 0.692. The zero-order valence-electron chi connectivity index (χ0n) is 17.7. The maximum atomic E-state index is 12.7. The summed E-state index contributed by atoms with van der Waals surface area (Å²) in [5, 5.41) is 11.6. The molecule has 5 nitrogen and oxygen atoms in total. The molecule has 2 unspecified atom stereocenters. The quantitative estimate of drug-likeness (QED) is 0.329. The Hall–Kier alpha value is -3.07. The molecule has 0 saturated carbocycles. The van der Waals surface area contributed by atoms with Crippen LogP contribution in [0.1, 0.15) is 32.1 Å². The number of hydrogen-bond donors (Lipinski definition) is 0. The van der Waals surface area contributed by atoms with E-state index in [1.165, 1.54) is 0 Å². The number of fused-ring (bicyclic) bond motifs is 1. The summed E-state index contributed by atoms with van der Waals surface area (Å²) in [6, 6.07) is 20.6. The number of carbonyl (C=O) groups is 1. The van der Waals surface area contributed by atoms with Gasteiger partial charge in [0.05, 0.1) is 11.6 Å². The van der Waals surface area contributed by atoms with Crippen LogP contribution in [0.15, 0.2) is 71.2 Å². The Bertz CT molecular complexity index is 1160. The van der Waals surface area contributed by atoms with Crippen molar-refractivity contribution >= 4 is 39.9 Å². The van der Waals surface area contributed by atoms with Crippen molar-refractivity contribution in [1.82, 2.24) is 4.98 Å². The monoisotopic (exact) mass is 468 g/mol. The van der Waals surface area contributed by atoms with Crippen LogP contribution in [-0.4, -0.2) is 11.0 Å². The zero-order valence-corrected chi connectivity index (χ0v) is 19.2. The molecule has 3 aromatic rings. The highest BCUT2D eigenvalue weighted by atomic mass is 35.5. The molecule has 0 N–H and O–H groups in total. The normalized spacial score (nSPS) is 12.6. The third-order valence-corrected chi connectivity index (χ3v) is 5.27. The Kier molecular flexibility index (Phi) is 8.10. The number of hydrogen-bond acceptors (Lipinski definition) is 5. The van der Waals surface area contributed by atoms with E-state index < -0.39 is 18.0 Å². The molecule has 32 heavy (non-hydrogen) atoms. The third-order valence-electron chi connectivity index (χ3n) is 4.96. The Morgan fingerprint density at radius 2 is 1.81 bits per heavy atom. The van der Waals surface area contributed by atoms with E-state index in [1.807, 2.05) is 62.4 Å². The van der Waals surface area contributed by atoms with Crippen LogP contribution in [0.2, 0.25) is 0 Å². The van der Waals surface area contributed by atoms with Gasteiger partial charge in [0.15, 0.2) is 0 Å². The van der Waals surface area contributed by atoms with Crippen LogP contribution in [0.4, 0.5) is 0 Å². The highest BCUT2D eigenvalue weighted by molar-refractivity contribution is 6.55. The van der Waals surface area contributed by atoms with E-state index >= 15 is 0 Å². The summed E-state index contributed by atoms with van der Waals surface area (Å²) in [5.74, 6) is -0.0944. The number of rotatable bonds is 8. The molecule has 1 aromatic heterocycles. The van der Waals surface area contributed by atoms with Crippen LogP contribution < -0.4 is 4.74 Å². The first kappa shape index (κ1) is 23.6. The van der Waals surface area contributed by atoms with Gasteiger partial charge in [-0.1, -0.05) is 85.6 Å². The predicted molar refractivity (Wildman–Crippen MR) is 125 cm³/mol. The SMILES string of the molecule is CC(C)C(CC=C(Cl)Cl)C(=O)OC(C#N)c1cccc(Oc2cccc3ccccc23)n1. The van der Waals surface area contributed by atoms with Gasteiger partial charge in [0.1, 0.15) is 16.3 Å². The lowest BCUT2D eigenvalue weighted by molar-refractivity contribution is -0.153. The number of aromatic nitrogens is 1. The summed E-state index contributed by atoms with van der Waals surface area (Å²) in [5.41, 5.74) is 0.284. The van der Waals surface area contributed by atoms with E-state index in [2.05, 4.69) is 4.98 Å². The van der Waals surface area contributed by atoms with Crippen LogP contribution in [0.5, 0.6) is 11.6 Å². The molecule has 2 atom stereocenters. The topological polar surface area (TPSA) is 72.2 Å². The highest BCUT2D eigenvalue weighted by Gasteiger charge is 2.27. The van der Waals surface area contributed by atoms with E-state index in [0.29, 0.717) is 18.1 Å². The average Bonchev–Trinajstić information content (AvgIpc) is 2.77. The molecule has 0 aliphatic rings. The molecule has 0 fully saturated rings. The van der Waals surface area contributed by atoms with Crippen molar-refractivity contribution in [3.8, 4) is 17.7 Å². The first-order valence-corrected chi connectivity index (χ1v) is 10.9. The first-order chi connectivity index (χ1) is 15.4. The summed E-state index contributed by atoms with van der Waals surface area (Å²) in [7, 11) is 0. The summed E-state index contributed by atoms with van der Waals surface area (Å²) < 4.78 is 11.6. The van der Waals surface area contributed by atoms with Gasteiger partial charge in [0.2, 0.25) is 12.0 Å². The maximum Gasteiger partial charge on any atom is 0.311 e. The van der Waals surface area contributed by atoms with E-state index in [0.717, 1.165) is 10.8 Å². The second kappa shape index (κ2) is 11.0. The van der Waals surface area contributed by atoms with Gasteiger partial charge < -0.3 is 9.47 Å². The molecule has 0 radical (unpaired) electrons. The van der Waals surface area contributed by atoms with Gasteiger partial charge in [-0.05, 0) is 29.9 Å². The van der Waals surface area contributed by atoms with Gasteiger partial charge in [0.25, 0.3) is 0 Å². The minimum atomic E-state index is -1.17. The Morgan fingerprint density at radius 3 is 2.53 bits per heavy atom. The van der Waals surface area contributed by atoms with E-state index in [1.54, 1.807) is 24.3 Å². The molecule has 3 rings (SSSR count). The Labute approximate surface area is 197 Å². The fourth-order valence-corrected chi connectivity index (χ4v) is 3.42. The number of esters is 1. The second-order valence-corrected chi connectivity index (χ2v) is 8.51. The van der Waals surface area contributed by atoms with Gasteiger partial charge in [-0.2, -0.15) is 5.26 Å². The van der Waals surface area contributed by atoms with E-state index in [-0.39, 0.29) is 16.1 Å². The molecule has 1 heterocycles. The standard InChI is InChI=1S/C25H22Cl2N2O3/c1-16(2)18(13-14-23(26)27)25(30)32-22(15-28)20-10-6-12-24(29-20)31-21-11-5-8-17-7-3-4-9-19(17)21/h3-12,14,16,18,22H,13H2,1-2H3. The predicted octanol–water partition coefficient (Wildman–Crippen LogP) is 7.12. The molecule has 164 valence electrons. The van der Waals surface area contributed by atoms with Gasteiger partial charge >= 0.3 is 5.97 Å². The number of allylic oxidation sites excluding steroid dienone is 1. The Balaban J connectivity index is 1.80. The van der Waals surface area contributed by atoms with E-state index in [4.69, 9.17) is 32.7 Å². The fourth-order valence-electron chi connectivity index (χ4n) is 3.24. The minimum Gasteiger partial charge on any atom is -0.440 e. The van der Waals surface area contributed by atoms with Crippen molar-refractivity contribution in [3.05, 3.63) is 76.9 Å². The fraction of sp³-hybridized carbons (Fsp3) is 0.240. The third kappa shape index (κ3) is 6.00. The van der Waals surface area contributed by atoms with Crippen molar-refractivity contribution in [2.45, 2.75) is 26.4 Å². The Morgan fingerprint density at radius 1 is 1.09 bits per heavy atom. The van der Waals surface area contributed by atoms with Gasteiger partial charge in [0, 0.05) is 11.5 Å². The number of pyridine rings is 1. The van der Waals surface area contributed by atoms with Crippen LogP contribution in [0, 0.1) is 23.2 Å². The molecule has 0 spiro atoms. The molecule has 0 amide bonds.